The van der Waals surface area contributed by atoms with Crippen molar-refractivity contribution in [3.05, 3.63) is 237 Å². The van der Waals surface area contributed by atoms with Gasteiger partial charge in [0.2, 0.25) is 0 Å². The fraction of sp³-hybridized carbons (Fsp3) is 0. The quantitative estimate of drug-likeness (QED) is 0.148. The van der Waals surface area contributed by atoms with Gasteiger partial charge in [-0.1, -0.05) is 182 Å². The normalized spacial score (nSPS) is 11.3. The van der Waals surface area contributed by atoms with E-state index < -0.39 is 0 Å². The predicted octanol–water partition coefficient (Wildman–Crippen LogP) is 17.0. The summed E-state index contributed by atoms with van der Waals surface area (Å²) in [6.45, 7) is 0. The lowest BCUT2D eigenvalue weighted by molar-refractivity contribution is 1.28. The smallest absolute Gasteiger partial charge is 0.0540 e. The zero-order chi connectivity index (χ0) is 39.8. The number of thiophene rings is 1. The van der Waals surface area contributed by atoms with E-state index in [4.69, 9.17) is 0 Å². The van der Waals surface area contributed by atoms with E-state index in [1.807, 2.05) is 11.3 Å². The molecule has 11 rings (SSSR count). The third kappa shape index (κ3) is 6.63. The molecule has 2 heteroatoms. The highest BCUT2D eigenvalue weighted by atomic mass is 32.1. The maximum absolute atomic E-state index is 2.41. The average molecular weight is 782 g/mol. The van der Waals surface area contributed by atoms with Crippen LogP contribution in [0, 0.1) is 0 Å². The fourth-order valence-corrected chi connectivity index (χ4v) is 9.91. The van der Waals surface area contributed by atoms with Crippen LogP contribution in [-0.4, -0.2) is 0 Å². The van der Waals surface area contributed by atoms with Crippen molar-refractivity contribution in [1.82, 2.24) is 0 Å². The van der Waals surface area contributed by atoms with Crippen LogP contribution in [0.1, 0.15) is 0 Å². The number of nitrogens with zero attached hydrogens (tertiary/aromatic N) is 1. The summed E-state index contributed by atoms with van der Waals surface area (Å²) in [6.07, 6.45) is 0. The number of para-hydroxylation sites is 1. The van der Waals surface area contributed by atoms with Gasteiger partial charge in [-0.05, 0) is 115 Å². The molecule has 0 N–H and O–H groups in total. The van der Waals surface area contributed by atoms with E-state index in [1.165, 1.54) is 86.6 Å². The largest absolute Gasteiger partial charge is 0.310 e. The highest BCUT2D eigenvalue weighted by molar-refractivity contribution is 7.26. The summed E-state index contributed by atoms with van der Waals surface area (Å²) in [4.78, 5) is 2.41. The summed E-state index contributed by atoms with van der Waals surface area (Å²) in [6, 6.07) is 86.1. The lowest BCUT2D eigenvalue weighted by Gasteiger charge is -2.28. The van der Waals surface area contributed by atoms with Crippen LogP contribution in [0.3, 0.4) is 0 Å². The third-order valence-corrected chi connectivity index (χ3v) is 12.9. The molecule has 0 amide bonds. The highest BCUT2D eigenvalue weighted by Gasteiger charge is 2.19. The van der Waals surface area contributed by atoms with Crippen molar-refractivity contribution in [1.29, 1.82) is 0 Å². The number of anilines is 3. The van der Waals surface area contributed by atoms with Crippen molar-refractivity contribution in [2.75, 3.05) is 4.90 Å². The molecule has 0 aliphatic heterocycles. The van der Waals surface area contributed by atoms with Crippen molar-refractivity contribution < 1.29 is 0 Å². The van der Waals surface area contributed by atoms with Crippen LogP contribution in [0.5, 0.6) is 0 Å². The van der Waals surface area contributed by atoms with Crippen LogP contribution in [0.25, 0.3) is 86.6 Å². The minimum atomic E-state index is 1.09. The summed E-state index contributed by atoms with van der Waals surface area (Å²) in [5.41, 5.74) is 15.3. The Hall–Kier alpha value is -7.52. The van der Waals surface area contributed by atoms with E-state index in [0.29, 0.717) is 0 Å². The minimum Gasteiger partial charge on any atom is -0.310 e. The molecule has 1 aromatic heterocycles. The Kier molecular flexibility index (Phi) is 9.11. The molecule has 0 radical (unpaired) electrons. The fourth-order valence-electron chi connectivity index (χ4n) is 8.67. The van der Waals surface area contributed by atoms with Crippen LogP contribution >= 0.6 is 11.3 Å². The Morgan fingerprint density at radius 1 is 0.283 bits per heavy atom. The molecule has 0 spiro atoms. The van der Waals surface area contributed by atoms with E-state index in [1.54, 1.807) is 0 Å². The van der Waals surface area contributed by atoms with Gasteiger partial charge in [-0.25, -0.2) is 0 Å². The van der Waals surface area contributed by atoms with Gasteiger partial charge in [0.15, 0.2) is 0 Å². The molecule has 1 nitrogen and oxygen atoms in total. The summed E-state index contributed by atoms with van der Waals surface area (Å²) in [5, 5.41) is 5.11. The molecule has 0 atom stereocenters. The molecule has 11 aromatic rings. The standard InChI is InChI=1S/C58H39NS/c1-2-14-40(15-3-1)44-18-10-20-46(36-44)47-21-12-23-51(39-47)59(56-28-8-6-24-52(56)49-31-30-41-16-4-5-17-43(41)38-49)50-34-32-42(33-35-50)45-19-11-22-48(37-45)53-26-13-27-55-54-25-7-9-29-57(54)60-58(53)55/h1-39H. The first-order valence-electron chi connectivity index (χ1n) is 20.5. The zero-order valence-electron chi connectivity index (χ0n) is 32.9. The SMILES string of the molecule is c1ccc(-c2cccc(-c3cccc(N(c4ccc(-c5cccc(-c6cccc7c6sc6ccccc67)c5)cc4)c4ccccc4-c4ccc5ccccc5c4)c3)c2)cc1. The van der Waals surface area contributed by atoms with Crippen molar-refractivity contribution >= 4 is 59.3 Å². The van der Waals surface area contributed by atoms with Crippen LogP contribution in [-0.2, 0) is 0 Å². The van der Waals surface area contributed by atoms with Crippen molar-refractivity contribution in [3.63, 3.8) is 0 Å². The Morgan fingerprint density at radius 2 is 0.817 bits per heavy atom. The molecule has 60 heavy (non-hydrogen) atoms. The van der Waals surface area contributed by atoms with E-state index >= 15 is 0 Å². The van der Waals surface area contributed by atoms with Gasteiger partial charge in [-0.2, -0.15) is 0 Å². The summed E-state index contributed by atoms with van der Waals surface area (Å²) >= 11 is 1.88. The van der Waals surface area contributed by atoms with Gasteiger partial charge < -0.3 is 4.90 Å². The van der Waals surface area contributed by atoms with Crippen LogP contribution < -0.4 is 4.90 Å². The van der Waals surface area contributed by atoms with E-state index in [2.05, 4.69) is 241 Å². The monoisotopic (exact) mass is 781 g/mol. The van der Waals surface area contributed by atoms with Crippen LogP contribution in [0.15, 0.2) is 237 Å². The molecule has 0 aliphatic carbocycles. The lowest BCUT2D eigenvalue weighted by Crippen LogP contribution is -2.11. The van der Waals surface area contributed by atoms with Crippen molar-refractivity contribution in [3.8, 4) is 55.6 Å². The van der Waals surface area contributed by atoms with Crippen molar-refractivity contribution in [2.45, 2.75) is 0 Å². The molecule has 0 bridgehead atoms. The van der Waals surface area contributed by atoms with Gasteiger partial charge in [-0.15, -0.1) is 11.3 Å². The first-order valence-corrected chi connectivity index (χ1v) is 21.3. The first-order chi connectivity index (χ1) is 29.7. The molecule has 282 valence electrons. The number of benzene rings is 10. The Morgan fingerprint density at radius 3 is 1.65 bits per heavy atom. The molecule has 0 saturated carbocycles. The first kappa shape index (κ1) is 35.6. The lowest BCUT2D eigenvalue weighted by atomic mass is 9.96. The molecule has 10 aromatic carbocycles. The Labute approximate surface area is 354 Å². The maximum Gasteiger partial charge on any atom is 0.0540 e. The second kappa shape index (κ2) is 15.3. The van der Waals surface area contributed by atoms with E-state index in [-0.39, 0.29) is 0 Å². The number of hydrogen-bond donors (Lipinski definition) is 0. The molecule has 0 unspecified atom stereocenters. The summed E-state index contributed by atoms with van der Waals surface area (Å²) in [5.74, 6) is 0. The van der Waals surface area contributed by atoms with Gasteiger partial charge in [0, 0.05) is 37.1 Å². The maximum atomic E-state index is 2.41. The summed E-state index contributed by atoms with van der Waals surface area (Å²) < 4.78 is 2.66. The van der Waals surface area contributed by atoms with Gasteiger partial charge in [0.05, 0.1) is 5.69 Å². The molecular weight excluding hydrogens is 743 g/mol. The van der Waals surface area contributed by atoms with Gasteiger partial charge >= 0.3 is 0 Å². The number of rotatable bonds is 8. The minimum absolute atomic E-state index is 1.09. The highest BCUT2D eigenvalue weighted by Crippen LogP contribution is 2.44. The van der Waals surface area contributed by atoms with Gasteiger partial charge in [0.25, 0.3) is 0 Å². The number of hydrogen-bond acceptors (Lipinski definition) is 2. The average Bonchev–Trinajstić information content (AvgIpc) is 3.71. The Bertz CT molecular complexity index is 3320. The predicted molar refractivity (Wildman–Crippen MR) is 259 cm³/mol. The number of fused-ring (bicyclic) bond motifs is 4. The Balaban J connectivity index is 1.01. The second-order valence-electron chi connectivity index (χ2n) is 15.3. The third-order valence-electron chi connectivity index (χ3n) is 11.6. The molecule has 0 fully saturated rings. The van der Waals surface area contributed by atoms with Crippen LogP contribution in [0.2, 0.25) is 0 Å². The van der Waals surface area contributed by atoms with Gasteiger partial charge in [0.1, 0.15) is 0 Å². The molecule has 0 aliphatic rings. The zero-order valence-corrected chi connectivity index (χ0v) is 33.7. The van der Waals surface area contributed by atoms with Crippen LogP contribution in [0.4, 0.5) is 17.1 Å². The summed E-state index contributed by atoms with van der Waals surface area (Å²) in [7, 11) is 0. The molecular formula is C58H39NS. The molecule has 1 heterocycles. The van der Waals surface area contributed by atoms with Crippen molar-refractivity contribution in [2.24, 2.45) is 0 Å². The second-order valence-corrected chi connectivity index (χ2v) is 16.4. The van der Waals surface area contributed by atoms with E-state index in [9.17, 15) is 0 Å². The van der Waals surface area contributed by atoms with E-state index in [0.717, 1.165) is 17.1 Å². The van der Waals surface area contributed by atoms with Gasteiger partial charge in [-0.3, -0.25) is 0 Å². The molecule has 0 saturated heterocycles. The topological polar surface area (TPSA) is 3.24 Å².